The lowest BCUT2D eigenvalue weighted by Gasteiger charge is -2.09. The number of rotatable bonds is 5. The summed E-state index contributed by atoms with van der Waals surface area (Å²) in [5.74, 6) is -2.34. The Labute approximate surface area is 215 Å². The molecule has 0 heterocycles. The summed E-state index contributed by atoms with van der Waals surface area (Å²) in [7, 11) is 0. The second kappa shape index (κ2) is 18.4. The Hall–Kier alpha value is -4.88. The monoisotopic (exact) mass is 503 g/mol. The Bertz CT molecular complexity index is 1040. The van der Waals surface area contributed by atoms with E-state index in [-0.39, 0.29) is 5.56 Å². The van der Waals surface area contributed by atoms with Crippen molar-refractivity contribution in [2.75, 3.05) is 6.54 Å². The molecule has 3 N–H and O–H groups in total. The molecule has 0 aromatic heterocycles. The van der Waals surface area contributed by atoms with Gasteiger partial charge in [0.1, 0.15) is 17.2 Å². The SMILES string of the molecule is N=[N+]=NCC1C=CCCC1.O=C(O)c1ccccc1.O=C(O)c1ccccc1.O=C([O-])c1ccccc1. The molecule has 0 fully saturated rings. The van der Waals surface area contributed by atoms with Crippen molar-refractivity contribution in [3.8, 4) is 0 Å². The molecular formula is C28H29N3O6. The van der Waals surface area contributed by atoms with Crippen LogP contribution in [0.5, 0.6) is 0 Å². The number of benzene rings is 3. The molecule has 0 aliphatic heterocycles. The van der Waals surface area contributed by atoms with E-state index in [1.165, 1.54) is 31.4 Å². The highest BCUT2D eigenvalue weighted by molar-refractivity contribution is 5.87. The second-order valence-corrected chi connectivity index (χ2v) is 7.54. The number of carboxylic acid groups (broad SMARTS) is 3. The third-order valence-corrected chi connectivity index (χ3v) is 4.79. The molecule has 3 aromatic carbocycles. The fraction of sp³-hybridized carbons (Fsp3) is 0.179. The number of carbonyl (C=O) groups excluding carboxylic acids is 1. The molecule has 9 nitrogen and oxygen atoms in total. The van der Waals surface area contributed by atoms with E-state index in [9.17, 15) is 19.5 Å². The summed E-state index contributed by atoms with van der Waals surface area (Å²) in [6.07, 6.45) is 8.03. The quantitative estimate of drug-likeness (QED) is 0.259. The molecule has 37 heavy (non-hydrogen) atoms. The lowest BCUT2D eigenvalue weighted by Crippen LogP contribution is -2.21. The van der Waals surface area contributed by atoms with Crippen LogP contribution in [0.15, 0.2) is 108 Å². The first kappa shape index (κ1) is 30.2. The number of carbonyl (C=O) groups is 3. The Balaban J connectivity index is 0.000000247. The van der Waals surface area contributed by atoms with Gasteiger partial charge in [0.05, 0.1) is 17.1 Å². The van der Waals surface area contributed by atoms with Crippen LogP contribution in [-0.4, -0.2) is 34.7 Å². The Kier molecular flexibility index (Phi) is 15.0. The van der Waals surface area contributed by atoms with E-state index in [1.54, 1.807) is 78.9 Å². The van der Waals surface area contributed by atoms with Gasteiger partial charge in [-0.2, -0.15) is 0 Å². The van der Waals surface area contributed by atoms with E-state index >= 15 is 0 Å². The number of hydrogen-bond donors (Lipinski definition) is 3. The van der Waals surface area contributed by atoms with Gasteiger partial charge in [-0.25, -0.2) is 9.59 Å². The van der Waals surface area contributed by atoms with Crippen molar-refractivity contribution < 1.29 is 29.7 Å². The summed E-state index contributed by atoms with van der Waals surface area (Å²) in [6.45, 7) is 0.694. The molecule has 0 bridgehead atoms. The fourth-order valence-electron chi connectivity index (χ4n) is 2.92. The van der Waals surface area contributed by atoms with Crippen LogP contribution in [0.4, 0.5) is 0 Å². The van der Waals surface area contributed by atoms with Crippen molar-refractivity contribution in [3.05, 3.63) is 120 Å². The van der Waals surface area contributed by atoms with Gasteiger partial charge in [0.15, 0.2) is 0 Å². The zero-order valence-electron chi connectivity index (χ0n) is 20.1. The summed E-state index contributed by atoms with van der Waals surface area (Å²) in [6, 6.07) is 24.7. The highest BCUT2D eigenvalue weighted by Gasteiger charge is 2.08. The van der Waals surface area contributed by atoms with Crippen LogP contribution in [-0.2, 0) is 0 Å². The third-order valence-electron chi connectivity index (χ3n) is 4.79. The number of nitrogens with zero attached hydrogens (tertiary/aromatic N) is 2. The maximum absolute atomic E-state index is 10.2. The van der Waals surface area contributed by atoms with Gasteiger partial charge in [0.2, 0.25) is 4.91 Å². The van der Waals surface area contributed by atoms with Crippen LogP contribution in [0.1, 0.15) is 50.3 Å². The molecule has 0 amide bonds. The zero-order valence-corrected chi connectivity index (χ0v) is 20.1. The van der Waals surface area contributed by atoms with E-state index in [4.69, 9.17) is 15.7 Å². The Morgan fingerprint density at radius 3 is 1.51 bits per heavy atom. The van der Waals surface area contributed by atoms with Crippen LogP contribution in [0, 0.1) is 11.4 Å². The molecule has 4 rings (SSSR count). The molecule has 1 atom stereocenters. The average molecular weight is 504 g/mol. The summed E-state index contributed by atoms with van der Waals surface area (Å²) in [5, 5.41) is 30.5. The largest absolute Gasteiger partial charge is 0.545 e. The molecule has 1 aliphatic rings. The van der Waals surface area contributed by atoms with Gasteiger partial charge in [0, 0.05) is 5.92 Å². The predicted octanol–water partition coefficient (Wildman–Crippen LogP) is 4.71. The molecule has 9 heteroatoms. The van der Waals surface area contributed by atoms with Gasteiger partial charge >= 0.3 is 11.9 Å². The normalized spacial score (nSPS) is 12.9. The van der Waals surface area contributed by atoms with Crippen molar-refractivity contribution in [1.29, 1.82) is 5.53 Å². The van der Waals surface area contributed by atoms with Gasteiger partial charge in [0.25, 0.3) is 0 Å². The van der Waals surface area contributed by atoms with Gasteiger partial charge in [-0.05, 0) is 49.1 Å². The van der Waals surface area contributed by atoms with Gasteiger partial charge in [-0.15, -0.1) is 0 Å². The van der Waals surface area contributed by atoms with Crippen molar-refractivity contribution in [2.24, 2.45) is 11.0 Å². The van der Waals surface area contributed by atoms with Crippen molar-refractivity contribution in [2.45, 2.75) is 19.3 Å². The van der Waals surface area contributed by atoms with Crippen molar-refractivity contribution in [3.63, 3.8) is 0 Å². The number of allylic oxidation sites excluding steroid dienone is 1. The van der Waals surface area contributed by atoms with E-state index in [2.05, 4.69) is 22.2 Å². The molecular weight excluding hydrogens is 474 g/mol. The first-order valence-corrected chi connectivity index (χ1v) is 11.4. The summed E-state index contributed by atoms with van der Waals surface area (Å²) >= 11 is 0. The van der Waals surface area contributed by atoms with Gasteiger partial charge < -0.3 is 20.1 Å². The number of aromatic carboxylic acids is 3. The highest BCUT2D eigenvalue weighted by atomic mass is 16.4. The number of carboxylic acids is 3. The second-order valence-electron chi connectivity index (χ2n) is 7.54. The first-order valence-electron chi connectivity index (χ1n) is 11.4. The van der Waals surface area contributed by atoms with Crippen LogP contribution in [0.3, 0.4) is 0 Å². The minimum Gasteiger partial charge on any atom is -0.545 e. The van der Waals surface area contributed by atoms with Crippen LogP contribution in [0.25, 0.3) is 0 Å². The molecule has 1 aliphatic carbocycles. The predicted molar refractivity (Wildman–Crippen MR) is 136 cm³/mol. The zero-order chi connectivity index (χ0) is 27.3. The smallest absolute Gasteiger partial charge is 0.335 e. The maximum atomic E-state index is 10.2. The van der Waals surface area contributed by atoms with Crippen LogP contribution >= 0.6 is 0 Å². The highest BCUT2D eigenvalue weighted by Crippen LogP contribution is 2.16. The minimum absolute atomic E-state index is 0.220. The summed E-state index contributed by atoms with van der Waals surface area (Å²) in [4.78, 5) is 33.5. The van der Waals surface area contributed by atoms with E-state index in [0.29, 0.717) is 23.6 Å². The van der Waals surface area contributed by atoms with Crippen molar-refractivity contribution >= 4 is 17.9 Å². The lowest BCUT2D eigenvalue weighted by atomic mass is 9.96. The fourth-order valence-corrected chi connectivity index (χ4v) is 2.92. The van der Waals surface area contributed by atoms with E-state index < -0.39 is 17.9 Å². The molecule has 1 unspecified atom stereocenters. The summed E-state index contributed by atoms with van der Waals surface area (Å²) in [5.41, 5.74) is 7.34. The van der Waals surface area contributed by atoms with Crippen LogP contribution < -0.4 is 10.0 Å². The van der Waals surface area contributed by atoms with Gasteiger partial charge in [-0.3, -0.25) is 0 Å². The van der Waals surface area contributed by atoms with Crippen LogP contribution in [0.2, 0.25) is 0 Å². The standard InChI is InChI=1S/C7H12N3.3C7H6O2/c8-10-9-6-7-4-2-1-3-5-7;3*8-7(9)6-4-2-1-3-5-6/h2,4,7-8H,1,3,5-6H2;3*1-5H,(H,8,9)/q+1;;;/p-1. The lowest BCUT2D eigenvalue weighted by molar-refractivity contribution is -0.255. The Morgan fingerprint density at radius 1 is 0.811 bits per heavy atom. The number of nitrogens with one attached hydrogen (secondary N) is 1. The summed E-state index contributed by atoms with van der Waals surface area (Å²) < 4.78 is 0. The number of hydrogen-bond acceptors (Lipinski definition) is 6. The average Bonchev–Trinajstić information content (AvgIpc) is 2.95. The molecule has 0 saturated carbocycles. The molecule has 0 spiro atoms. The van der Waals surface area contributed by atoms with Crippen molar-refractivity contribution in [1.82, 2.24) is 4.91 Å². The first-order chi connectivity index (χ1) is 17.8. The maximum Gasteiger partial charge on any atom is 0.335 e. The minimum atomic E-state index is -1.13. The Morgan fingerprint density at radius 2 is 1.24 bits per heavy atom. The molecule has 3 aromatic rings. The molecule has 0 saturated heterocycles. The topological polar surface area (TPSA) is 165 Å². The molecule has 192 valence electrons. The molecule has 0 radical (unpaired) electrons. The van der Waals surface area contributed by atoms with E-state index in [0.717, 1.165) is 0 Å². The van der Waals surface area contributed by atoms with Gasteiger partial charge in [-0.1, -0.05) is 78.9 Å². The third kappa shape index (κ3) is 14.2. The van der Waals surface area contributed by atoms with E-state index in [1.807, 2.05) is 0 Å².